The van der Waals surface area contributed by atoms with E-state index in [1.165, 1.54) is 0 Å². The van der Waals surface area contributed by atoms with Crippen LogP contribution in [-0.2, 0) is 4.74 Å². The Morgan fingerprint density at radius 2 is 1.71 bits per heavy atom. The van der Waals surface area contributed by atoms with E-state index in [0.29, 0.717) is 5.56 Å². The van der Waals surface area contributed by atoms with E-state index in [1.807, 2.05) is 63.2 Å². The number of carbonyl (C=O) groups is 1. The number of carbonyl (C=O) groups excluding carboxylic acids is 1. The number of benzene rings is 1. The van der Waals surface area contributed by atoms with Gasteiger partial charge in [-0.15, -0.1) is 0 Å². The van der Waals surface area contributed by atoms with Crippen molar-refractivity contribution in [3.05, 3.63) is 60.2 Å². The molecule has 0 bridgehead atoms. The van der Waals surface area contributed by atoms with Gasteiger partial charge in [-0.25, -0.2) is 4.79 Å². The fourth-order valence-electron chi connectivity index (χ4n) is 2.50. The summed E-state index contributed by atoms with van der Waals surface area (Å²) in [5.41, 5.74) is 2.30. The third-order valence-electron chi connectivity index (χ3n) is 3.36. The van der Waals surface area contributed by atoms with Crippen LogP contribution in [0.4, 0.5) is 0 Å². The summed E-state index contributed by atoms with van der Waals surface area (Å²) < 4.78 is 5.50. The Bertz CT molecular complexity index is 781. The first-order valence-electron chi connectivity index (χ1n) is 7.09. The third-order valence-corrected chi connectivity index (χ3v) is 3.36. The van der Waals surface area contributed by atoms with Gasteiger partial charge in [0.2, 0.25) is 0 Å². The van der Waals surface area contributed by atoms with Gasteiger partial charge in [-0.2, -0.15) is 0 Å². The topological polar surface area (TPSA) is 26.3 Å². The minimum atomic E-state index is -0.494. The maximum absolute atomic E-state index is 12.4. The quantitative estimate of drug-likeness (QED) is 0.592. The Labute approximate surface area is 124 Å². The van der Waals surface area contributed by atoms with E-state index in [4.69, 9.17) is 4.74 Å². The van der Waals surface area contributed by atoms with Crippen LogP contribution in [0.25, 0.3) is 21.9 Å². The zero-order valence-electron chi connectivity index (χ0n) is 12.5. The summed E-state index contributed by atoms with van der Waals surface area (Å²) in [5.74, 6) is -0.286. The Kier molecular flexibility index (Phi) is 3.17. The highest BCUT2D eigenvalue weighted by atomic mass is 16.6. The normalized spacial score (nSPS) is 11.8. The predicted molar refractivity (Wildman–Crippen MR) is 85.7 cm³/mol. The number of hydrogen-bond acceptors (Lipinski definition) is 2. The summed E-state index contributed by atoms with van der Waals surface area (Å²) in [6, 6.07) is 18.0. The number of fused-ring (bicyclic) bond motifs is 3. The van der Waals surface area contributed by atoms with E-state index in [0.717, 1.165) is 21.9 Å². The van der Waals surface area contributed by atoms with Gasteiger partial charge in [0.15, 0.2) is 0 Å². The molecule has 0 aromatic heterocycles. The second-order valence-electron chi connectivity index (χ2n) is 6.23. The van der Waals surface area contributed by atoms with Crippen molar-refractivity contribution in [2.75, 3.05) is 0 Å². The SMILES string of the molecule is CC(C)(C)OC(=O)c1cc2cccc-2c2ccccc2c1. The van der Waals surface area contributed by atoms with Gasteiger partial charge in [0.05, 0.1) is 5.56 Å². The molecular formula is C19H18O2. The van der Waals surface area contributed by atoms with E-state index >= 15 is 0 Å². The molecule has 1 aromatic carbocycles. The molecule has 21 heavy (non-hydrogen) atoms. The molecule has 0 fully saturated rings. The highest BCUT2D eigenvalue weighted by Crippen LogP contribution is 2.31. The minimum absolute atomic E-state index is 0.286. The van der Waals surface area contributed by atoms with Crippen molar-refractivity contribution in [1.29, 1.82) is 0 Å². The molecule has 0 saturated heterocycles. The van der Waals surface area contributed by atoms with Gasteiger partial charge in [0.25, 0.3) is 0 Å². The fourth-order valence-corrected chi connectivity index (χ4v) is 2.50. The van der Waals surface area contributed by atoms with Gasteiger partial charge in [-0.05, 0) is 54.8 Å². The van der Waals surface area contributed by atoms with Gasteiger partial charge in [0.1, 0.15) is 5.60 Å². The molecular weight excluding hydrogens is 260 g/mol. The summed E-state index contributed by atoms with van der Waals surface area (Å²) in [6.07, 6.45) is 0. The molecule has 0 atom stereocenters. The first kappa shape index (κ1) is 13.6. The lowest BCUT2D eigenvalue weighted by atomic mass is 10.1. The number of rotatable bonds is 1. The standard InChI is InChI=1S/C19H18O2/c1-19(2,3)21-18(20)15-11-13-7-4-5-9-16(13)17-10-6-8-14(17)12-15/h4-12H,1-3H3. The van der Waals surface area contributed by atoms with Crippen LogP contribution in [0.5, 0.6) is 0 Å². The lowest BCUT2D eigenvalue weighted by molar-refractivity contribution is 0.00698. The fraction of sp³-hybridized carbons (Fsp3) is 0.211. The van der Waals surface area contributed by atoms with Crippen LogP contribution in [0.1, 0.15) is 31.1 Å². The van der Waals surface area contributed by atoms with Gasteiger partial charge < -0.3 is 4.74 Å². The minimum Gasteiger partial charge on any atom is -0.456 e. The maximum atomic E-state index is 12.4. The van der Waals surface area contributed by atoms with Crippen molar-refractivity contribution in [1.82, 2.24) is 0 Å². The van der Waals surface area contributed by atoms with Crippen LogP contribution >= 0.6 is 0 Å². The van der Waals surface area contributed by atoms with E-state index in [9.17, 15) is 4.79 Å². The van der Waals surface area contributed by atoms with Crippen molar-refractivity contribution in [3.8, 4) is 11.1 Å². The van der Waals surface area contributed by atoms with Crippen molar-refractivity contribution in [2.45, 2.75) is 26.4 Å². The largest absolute Gasteiger partial charge is 0.456 e. The van der Waals surface area contributed by atoms with Crippen LogP contribution in [0.3, 0.4) is 0 Å². The molecule has 0 amide bonds. The van der Waals surface area contributed by atoms with Crippen molar-refractivity contribution in [2.24, 2.45) is 0 Å². The van der Waals surface area contributed by atoms with Crippen molar-refractivity contribution >= 4 is 16.7 Å². The molecule has 0 unspecified atom stereocenters. The number of hydrogen-bond donors (Lipinski definition) is 0. The molecule has 0 N–H and O–H groups in total. The molecule has 0 spiro atoms. The van der Waals surface area contributed by atoms with Crippen LogP contribution in [-0.4, -0.2) is 11.6 Å². The molecule has 2 nitrogen and oxygen atoms in total. The predicted octanol–water partition coefficient (Wildman–Crippen LogP) is 4.90. The van der Waals surface area contributed by atoms with Gasteiger partial charge in [-0.1, -0.05) is 42.5 Å². The van der Waals surface area contributed by atoms with Crippen LogP contribution < -0.4 is 0 Å². The van der Waals surface area contributed by atoms with Gasteiger partial charge >= 0.3 is 5.97 Å². The number of esters is 1. The van der Waals surface area contributed by atoms with E-state index in [2.05, 4.69) is 12.1 Å². The Morgan fingerprint density at radius 1 is 0.952 bits per heavy atom. The highest BCUT2D eigenvalue weighted by Gasteiger charge is 2.19. The molecule has 106 valence electrons. The molecule has 0 radical (unpaired) electrons. The number of ether oxygens (including phenoxy) is 1. The molecule has 0 aliphatic heterocycles. The molecule has 2 heteroatoms. The third kappa shape index (κ3) is 2.75. The zero-order valence-corrected chi connectivity index (χ0v) is 12.5. The lowest BCUT2D eigenvalue weighted by Crippen LogP contribution is -2.23. The summed E-state index contributed by atoms with van der Waals surface area (Å²) in [6.45, 7) is 5.64. The summed E-state index contributed by atoms with van der Waals surface area (Å²) in [5, 5.41) is 2.19. The molecule has 0 saturated carbocycles. The van der Waals surface area contributed by atoms with Crippen LogP contribution in [0.15, 0.2) is 54.6 Å². The maximum Gasteiger partial charge on any atom is 0.338 e. The summed E-state index contributed by atoms with van der Waals surface area (Å²) in [4.78, 5) is 12.4. The zero-order chi connectivity index (χ0) is 15.0. The van der Waals surface area contributed by atoms with Gasteiger partial charge in [0, 0.05) is 0 Å². The molecule has 2 aliphatic carbocycles. The second-order valence-corrected chi connectivity index (χ2v) is 6.23. The lowest BCUT2D eigenvalue weighted by Gasteiger charge is -2.19. The molecule has 0 heterocycles. The van der Waals surface area contributed by atoms with E-state index in [1.54, 1.807) is 0 Å². The summed E-state index contributed by atoms with van der Waals surface area (Å²) >= 11 is 0. The molecule has 2 aliphatic rings. The molecule has 1 aromatic rings. The molecule has 3 rings (SSSR count). The van der Waals surface area contributed by atoms with Crippen LogP contribution in [0, 0.1) is 0 Å². The first-order valence-corrected chi connectivity index (χ1v) is 7.09. The average molecular weight is 278 g/mol. The monoisotopic (exact) mass is 278 g/mol. The smallest absolute Gasteiger partial charge is 0.338 e. The second kappa shape index (κ2) is 4.88. The highest BCUT2D eigenvalue weighted by molar-refractivity contribution is 6.02. The Balaban J connectivity index is 2.20. The van der Waals surface area contributed by atoms with Crippen LogP contribution in [0.2, 0.25) is 0 Å². The van der Waals surface area contributed by atoms with E-state index < -0.39 is 5.60 Å². The van der Waals surface area contributed by atoms with E-state index in [-0.39, 0.29) is 5.97 Å². The van der Waals surface area contributed by atoms with Gasteiger partial charge in [-0.3, -0.25) is 0 Å². The van der Waals surface area contributed by atoms with Crippen molar-refractivity contribution in [3.63, 3.8) is 0 Å². The first-order chi connectivity index (χ1) is 9.94. The Morgan fingerprint density at radius 3 is 2.48 bits per heavy atom. The van der Waals surface area contributed by atoms with Crippen molar-refractivity contribution < 1.29 is 9.53 Å². The summed E-state index contributed by atoms with van der Waals surface area (Å²) in [7, 11) is 0. The Hall–Kier alpha value is -2.35. The average Bonchev–Trinajstić information content (AvgIpc) is 2.79.